The van der Waals surface area contributed by atoms with Crippen LogP contribution in [-0.4, -0.2) is 33.6 Å². The van der Waals surface area contributed by atoms with Gasteiger partial charge in [0.2, 0.25) is 0 Å². The first-order valence-electron chi connectivity index (χ1n) is 7.09. The molecular formula is C14H23N3S. The summed E-state index contributed by atoms with van der Waals surface area (Å²) < 4.78 is 2.92. The summed E-state index contributed by atoms with van der Waals surface area (Å²) in [6.45, 7) is 3.46. The zero-order chi connectivity index (χ0) is 12.4. The first kappa shape index (κ1) is 12.5. The molecule has 2 fully saturated rings. The Kier molecular flexibility index (Phi) is 3.66. The number of hydrogen-bond donors (Lipinski definition) is 1. The second-order valence-corrected chi connectivity index (χ2v) is 7.00. The summed E-state index contributed by atoms with van der Waals surface area (Å²) in [5.41, 5.74) is 1.45. The van der Waals surface area contributed by atoms with E-state index < -0.39 is 0 Å². The maximum absolute atomic E-state index is 4.40. The van der Waals surface area contributed by atoms with Gasteiger partial charge < -0.3 is 9.88 Å². The van der Waals surface area contributed by atoms with Crippen molar-refractivity contribution in [1.29, 1.82) is 0 Å². The van der Waals surface area contributed by atoms with Gasteiger partial charge in [0.05, 0.1) is 6.33 Å². The Balaban J connectivity index is 1.74. The molecule has 0 aromatic carbocycles. The van der Waals surface area contributed by atoms with Crippen molar-refractivity contribution in [3.63, 3.8) is 0 Å². The third-order valence-electron chi connectivity index (χ3n) is 4.62. The lowest BCUT2D eigenvalue weighted by atomic mass is 9.84. The van der Waals surface area contributed by atoms with Crippen molar-refractivity contribution in [1.82, 2.24) is 14.9 Å². The van der Waals surface area contributed by atoms with E-state index in [0.717, 1.165) is 13.1 Å². The van der Waals surface area contributed by atoms with Gasteiger partial charge in [0.1, 0.15) is 0 Å². The molecule has 0 amide bonds. The minimum Gasteiger partial charge on any atom is -0.333 e. The summed E-state index contributed by atoms with van der Waals surface area (Å²) >= 11 is 2.05. The van der Waals surface area contributed by atoms with Gasteiger partial charge in [0.15, 0.2) is 0 Å². The number of piperidine rings is 1. The van der Waals surface area contributed by atoms with Gasteiger partial charge in [-0.25, -0.2) is 4.98 Å². The molecule has 1 unspecified atom stereocenters. The molecule has 0 bridgehead atoms. The highest BCUT2D eigenvalue weighted by atomic mass is 32.2. The molecule has 4 heteroatoms. The fraction of sp³-hybridized carbons (Fsp3) is 0.786. The predicted molar refractivity (Wildman–Crippen MR) is 77.2 cm³/mol. The van der Waals surface area contributed by atoms with Gasteiger partial charge in [-0.1, -0.05) is 6.42 Å². The number of rotatable bonds is 4. The number of nitrogens with one attached hydrogen (secondary N) is 1. The SMILES string of the molecule is CSC1(Cn2cncc2C2CCCNC2)CCC1. The number of aromatic nitrogens is 2. The zero-order valence-corrected chi connectivity index (χ0v) is 12.0. The van der Waals surface area contributed by atoms with Crippen LogP contribution in [0.2, 0.25) is 0 Å². The van der Waals surface area contributed by atoms with Gasteiger partial charge in [-0.15, -0.1) is 0 Å². The zero-order valence-electron chi connectivity index (χ0n) is 11.2. The van der Waals surface area contributed by atoms with Crippen molar-refractivity contribution in [2.24, 2.45) is 0 Å². The maximum Gasteiger partial charge on any atom is 0.0948 e. The van der Waals surface area contributed by atoms with Crippen LogP contribution in [0.5, 0.6) is 0 Å². The molecular weight excluding hydrogens is 242 g/mol. The fourth-order valence-electron chi connectivity index (χ4n) is 3.22. The molecule has 3 nitrogen and oxygen atoms in total. The van der Waals surface area contributed by atoms with Crippen LogP contribution in [0.4, 0.5) is 0 Å². The Hall–Kier alpha value is -0.480. The Morgan fingerprint density at radius 3 is 3.00 bits per heavy atom. The molecule has 2 heterocycles. The maximum atomic E-state index is 4.40. The highest BCUT2D eigenvalue weighted by Gasteiger charge is 2.37. The van der Waals surface area contributed by atoms with Gasteiger partial charge in [0.25, 0.3) is 0 Å². The second-order valence-electron chi connectivity index (χ2n) is 5.73. The molecule has 0 spiro atoms. The quantitative estimate of drug-likeness (QED) is 0.907. The van der Waals surface area contributed by atoms with Gasteiger partial charge in [-0.2, -0.15) is 11.8 Å². The lowest BCUT2D eigenvalue weighted by Crippen LogP contribution is -2.38. The molecule has 2 aliphatic rings. The first-order chi connectivity index (χ1) is 8.83. The molecule has 100 valence electrons. The van der Waals surface area contributed by atoms with Gasteiger partial charge in [0, 0.05) is 35.6 Å². The van der Waals surface area contributed by atoms with E-state index in [1.54, 1.807) is 0 Å². The smallest absolute Gasteiger partial charge is 0.0948 e. The third kappa shape index (κ3) is 2.32. The summed E-state index contributed by atoms with van der Waals surface area (Å²) in [5.74, 6) is 0.667. The molecule has 1 aliphatic heterocycles. The highest BCUT2D eigenvalue weighted by molar-refractivity contribution is 8.00. The van der Waals surface area contributed by atoms with Crippen LogP contribution < -0.4 is 5.32 Å². The van der Waals surface area contributed by atoms with E-state index in [9.17, 15) is 0 Å². The van der Waals surface area contributed by atoms with E-state index in [-0.39, 0.29) is 0 Å². The molecule has 0 radical (unpaired) electrons. The van der Waals surface area contributed by atoms with E-state index in [0.29, 0.717) is 10.7 Å². The summed E-state index contributed by atoms with van der Waals surface area (Å²) in [6.07, 6.45) is 13.1. The van der Waals surface area contributed by atoms with Gasteiger partial charge in [-0.05, 0) is 38.5 Å². The van der Waals surface area contributed by atoms with E-state index >= 15 is 0 Å². The van der Waals surface area contributed by atoms with Crippen LogP contribution >= 0.6 is 11.8 Å². The molecule has 18 heavy (non-hydrogen) atoms. The van der Waals surface area contributed by atoms with Crippen LogP contribution in [-0.2, 0) is 6.54 Å². The minimum atomic E-state index is 0.498. The average molecular weight is 265 g/mol. The minimum absolute atomic E-state index is 0.498. The molecule has 1 aromatic rings. The molecule has 1 saturated carbocycles. The first-order valence-corrected chi connectivity index (χ1v) is 8.31. The average Bonchev–Trinajstić information content (AvgIpc) is 2.83. The molecule has 1 N–H and O–H groups in total. The van der Waals surface area contributed by atoms with Crippen LogP contribution in [0.15, 0.2) is 12.5 Å². The molecule has 1 atom stereocenters. The van der Waals surface area contributed by atoms with Crippen LogP contribution in [0.25, 0.3) is 0 Å². The van der Waals surface area contributed by atoms with E-state index in [2.05, 4.69) is 27.3 Å². The molecule has 1 aromatic heterocycles. The van der Waals surface area contributed by atoms with Crippen molar-refractivity contribution in [3.8, 4) is 0 Å². The Labute approximate surface area is 114 Å². The normalized spacial score (nSPS) is 26.8. The number of imidazole rings is 1. The van der Waals surface area contributed by atoms with Crippen molar-refractivity contribution >= 4 is 11.8 Å². The Bertz CT molecular complexity index is 386. The van der Waals surface area contributed by atoms with Crippen molar-refractivity contribution in [3.05, 3.63) is 18.2 Å². The van der Waals surface area contributed by atoms with Crippen molar-refractivity contribution in [2.45, 2.75) is 49.3 Å². The van der Waals surface area contributed by atoms with E-state index in [1.165, 1.54) is 44.3 Å². The second kappa shape index (κ2) is 5.25. The Morgan fingerprint density at radius 2 is 2.39 bits per heavy atom. The van der Waals surface area contributed by atoms with Crippen molar-refractivity contribution < 1.29 is 0 Å². The highest BCUT2D eigenvalue weighted by Crippen LogP contribution is 2.44. The lowest BCUT2D eigenvalue weighted by molar-refractivity contribution is 0.313. The molecule has 3 rings (SSSR count). The van der Waals surface area contributed by atoms with Crippen LogP contribution in [0, 0.1) is 0 Å². The van der Waals surface area contributed by atoms with Crippen LogP contribution in [0.3, 0.4) is 0 Å². The summed E-state index contributed by atoms with van der Waals surface area (Å²) in [6, 6.07) is 0. The lowest BCUT2D eigenvalue weighted by Gasteiger charge is -2.41. The monoisotopic (exact) mass is 265 g/mol. The third-order valence-corrected chi connectivity index (χ3v) is 6.02. The van der Waals surface area contributed by atoms with Crippen molar-refractivity contribution in [2.75, 3.05) is 19.3 Å². The Morgan fingerprint density at radius 1 is 1.50 bits per heavy atom. The van der Waals surface area contributed by atoms with Gasteiger partial charge >= 0.3 is 0 Å². The molecule has 1 saturated heterocycles. The standard InChI is InChI=1S/C14H23N3S/c1-18-14(5-3-6-14)10-17-11-16-9-13(17)12-4-2-7-15-8-12/h9,11-12,15H,2-8,10H2,1H3. The summed E-state index contributed by atoms with van der Waals surface area (Å²) in [7, 11) is 0. The van der Waals surface area contributed by atoms with E-state index in [1.807, 2.05) is 18.1 Å². The summed E-state index contributed by atoms with van der Waals surface area (Å²) in [4.78, 5) is 4.40. The largest absolute Gasteiger partial charge is 0.333 e. The molecule has 1 aliphatic carbocycles. The summed E-state index contributed by atoms with van der Waals surface area (Å²) in [5, 5.41) is 3.51. The fourth-order valence-corrected chi connectivity index (χ4v) is 4.18. The predicted octanol–water partition coefficient (Wildman–Crippen LogP) is 2.64. The van der Waals surface area contributed by atoms with Crippen LogP contribution in [0.1, 0.15) is 43.7 Å². The van der Waals surface area contributed by atoms with E-state index in [4.69, 9.17) is 0 Å². The topological polar surface area (TPSA) is 29.9 Å². The van der Waals surface area contributed by atoms with Gasteiger partial charge in [-0.3, -0.25) is 0 Å². The number of thioether (sulfide) groups is 1. The number of hydrogen-bond acceptors (Lipinski definition) is 3. The number of nitrogens with zero attached hydrogens (tertiary/aromatic N) is 2.